The molecule has 0 amide bonds. The second kappa shape index (κ2) is 5.25. The van der Waals surface area contributed by atoms with Gasteiger partial charge in [0.1, 0.15) is 0 Å². The Morgan fingerprint density at radius 2 is 2.11 bits per heavy atom. The molecule has 2 saturated heterocycles. The first kappa shape index (κ1) is 13.1. The molecule has 0 radical (unpaired) electrons. The van der Waals surface area contributed by atoms with Crippen molar-refractivity contribution in [2.45, 2.75) is 32.2 Å². The van der Waals surface area contributed by atoms with Crippen LogP contribution >= 0.6 is 0 Å². The molecule has 2 fully saturated rings. The molecule has 19 heavy (non-hydrogen) atoms. The van der Waals surface area contributed by atoms with Crippen molar-refractivity contribution >= 4 is 0 Å². The van der Waals surface area contributed by atoms with E-state index in [2.05, 4.69) is 46.7 Å². The summed E-state index contributed by atoms with van der Waals surface area (Å²) in [6.45, 7) is 10.6. The largest absolute Gasteiger partial charge is 0.306 e. The SMILES string of the molecule is CC(C)c1cnn(C2CN(CC3CCN(C)C3)C2)c1. The van der Waals surface area contributed by atoms with E-state index in [-0.39, 0.29) is 0 Å². The maximum absolute atomic E-state index is 4.52. The van der Waals surface area contributed by atoms with Gasteiger partial charge in [-0.2, -0.15) is 5.10 Å². The van der Waals surface area contributed by atoms with Gasteiger partial charge in [0.25, 0.3) is 0 Å². The lowest BCUT2D eigenvalue weighted by Crippen LogP contribution is -2.49. The van der Waals surface area contributed by atoms with E-state index in [0.717, 1.165) is 5.92 Å². The smallest absolute Gasteiger partial charge is 0.0772 e. The van der Waals surface area contributed by atoms with E-state index in [1.165, 1.54) is 44.7 Å². The standard InChI is InChI=1S/C15H26N4/c1-12(2)14-6-16-19(9-14)15-10-18(11-15)8-13-4-5-17(3)7-13/h6,9,12-13,15H,4-5,7-8,10-11H2,1-3H3. The summed E-state index contributed by atoms with van der Waals surface area (Å²) in [6.07, 6.45) is 5.63. The average Bonchev–Trinajstić information content (AvgIpc) is 2.91. The van der Waals surface area contributed by atoms with E-state index in [1.54, 1.807) is 0 Å². The van der Waals surface area contributed by atoms with Crippen molar-refractivity contribution in [2.24, 2.45) is 5.92 Å². The van der Waals surface area contributed by atoms with Crippen LogP contribution < -0.4 is 0 Å². The number of nitrogens with zero attached hydrogens (tertiary/aromatic N) is 4. The molecule has 1 unspecified atom stereocenters. The molecule has 2 aliphatic heterocycles. The molecule has 0 N–H and O–H groups in total. The normalized spacial score (nSPS) is 26.2. The van der Waals surface area contributed by atoms with Crippen LogP contribution in [0.4, 0.5) is 0 Å². The number of aromatic nitrogens is 2. The molecular weight excluding hydrogens is 236 g/mol. The highest BCUT2D eigenvalue weighted by atomic mass is 15.4. The Balaban J connectivity index is 1.46. The topological polar surface area (TPSA) is 24.3 Å². The third kappa shape index (κ3) is 2.84. The van der Waals surface area contributed by atoms with Crippen molar-refractivity contribution in [2.75, 3.05) is 39.8 Å². The van der Waals surface area contributed by atoms with Crippen LogP contribution in [-0.4, -0.2) is 59.4 Å². The van der Waals surface area contributed by atoms with E-state index in [9.17, 15) is 0 Å². The Morgan fingerprint density at radius 3 is 2.68 bits per heavy atom. The fourth-order valence-electron chi connectivity index (χ4n) is 3.25. The molecule has 4 heteroatoms. The van der Waals surface area contributed by atoms with Crippen LogP contribution in [0.3, 0.4) is 0 Å². The monoisotopic (exact) mass is 262 g/mol. The highest BCUT2D eigenvalue weighted by Crippen LogP contribution is 2.25. The molecule has 106 valence electrons. The summed E-state index contributed by atoms with van der Waals surface area (Å²) in [4.78, 5) is 5.04. The van der Waals surface area contributed by atoms with E-state index >= 15 is 0 Å². The minimum absolute atomic E-state index is 0.582. The van der Waals surface area contributed by atoms with Crippen molar-refractivity contribution in [3.63, 3.8) is 0 Å². The van der Waals surface area contributed by atoms with Gasteiger partial charge in [-0.15, -0.1) is 0 Å². The predicted octanol–water partition coefficient (Wildman–Crippen LogP) is 1.81. The van der Waals surface area contributed by atoms with Crippen LogP contribution in [0.1, 0.15) is 37.8 Å². The number of likely N-dealkylation sites (tertiary alicyclic amines) is 2. The molecule has 3 heterocycles. The Bertz CT molecular complexity index is 420. The first-order valence-corrected chi connectivity index (χ1v) is 7.56. The second-order valence-electron chi connectivity index (χ2n) is 6.70. The highest BCUT2D eigenvalue weighted by molar-refractivity contribution is 5.10. The van der Waals surface area contributed by atoms with Crippen LogP contribution in [-0.2, 0) is 0 Å². The number of rotatable bonds is 4. The zero-order valence-corrected chi connectivity index (χ0v) is 12.4. The summed E-state index contributed by atoms with van der Waals surface area (Å²) in [7, 11) is 2.23. The molecule has 0 aliphatic carbocycles. The fourth-order valence-corrected chi connectivity index (χ4v) is 3.25. The van der Waals surface area contributed by atoms with Gasteiger partial charge >= 0.3 is 0 Å². The van der Waals surface area contributed by atoms with Crippen molar-refractivity contribution in [1.82, 2.24) is 19.6 Å². The summed E-state index contributed by atoms with van der Waals surface area (Å²) in [5.41, 5.74) is 1.36. The highest BCUT2D eigenvalue weighted by Gasteiger charge is 2.31. The van der Waals surface area contributed by atoms with Crippen LogP contribution in [0.2, 0.25) is 0 Å². The molecule has 1 aromatic heterocycles. The first-order chi connectivity index (χ1) is 9.11. The van der Waals surface area contributed by atoms with Crippen LogP contribution in [0.25, 0.3) is 0 Å². The fraction of sp³-hybridized carbons (Fsp3) is 0.800. The second-order valence-corrected chi connectivity index (χ2v) is 6.70. The van der Waals surface area contributed by atoms with Crippen LogP contribution in [0.15, 0.2) is 12.4 Å². The average molecular weight is 262 g/mol. The van der Waals surface area contributed by atoms with Crippen molar-refractivity contribution < 1.29 is 0 Å². The molecule has 1 aromatic rings. The van der Waals surface area contributed by atoms with Gasteiger partial charge < -0.3 is 4.90 Å². The summed E-state index contributed by atoms with van der Waals surface area (Å²) in [6, 6.07) is 0.603. The lowest BCUT2D eigenvalue weighted by atomic mass is 10.0. The summed E-state index contributed by atoms with van der Waals surface area (Å²) < 4.78 is 2.17. The van der Waals surface area contributed by atoms with Gasteiger partial charge in [0, 0.05) is 32.4 Å². The van der Waals surface area contributed by atoms with E-state index in [1.807, 2.05) is 6.20 Å². The molecule has 0 bridgehead atoms. The van der Waals surface area contributed by atoms with Crippen molar-refractivity contribution in [1.29, 1.82) is 0 Å². The molecule has 2 aliphatic rings. The van der Waals surface area contributed by atoms with Gasteiger partial charge in [0.05, 0.1) is 12.2 Å². The molecule has 3 rings (SSSR count). The van der Waals surface area contributed by atoms with Gasteiger partial charge in [-0.3, -0.25) is 9.58 Å². The molecule has 4 nitrogen and oxygen atoms in total. The van der Waals surface area contributed by atoms with Gasteiger partial charge in [0.2, 0.25) is 0 Å². The van der Waals surface area contributed by atoms with Gasteiger partial charge in [-0.1, -0.05) is 13.8 Å². The predicted molar refractivity (Wildman–Crippen MR) is 77.4 cm³/mol. The van der Waals surface area contributed by atoms with Crippen molar-refractivity contribution in [3.05, 3.63) is 18.0 Å². The van der Waals surface area contributed by atoms with Crippen molar-refractivity contribution in [3.8, 4) is 0 Å². The zero-order valence-electron chi connectivity index (χ0n) is 12.4. The van der Waals surface area contributed by atoms with E-state index in [0.29, 0.717) is 12.0 Å². The third-order valence-corrected chi connectivity index (χ3v) is 4.61. The molecule has 1 atom stereocenters. The van der Waals surface area contributed by atoms with Gasteiger partial charge in [-0.05, 0) is 37.4 Å². The molecule has 0 aromatic carbocycles. The van der Waals surface area contributed by atoms with Gasteiger partial charge in [0.15, 0.2) is 0 Å². The Labute approximate surface area is 116 Å². The molecule has 0 saturated carbocycles. The maximum Gasteiger partial charge on any atom is 0.0772 e. The Hall–Kier alpha value is -0.870. The first-order valence-electron chi connectivity index (χ1n) is 7.56. The van der Waals surface area contributed by atoms with Gasteiger partial charge in [-0.25, -0.2) is 0 Å². The minimum Gasteiger partial charge on any atom is -0.306 e. The lowest BCUT2D eigenvalue weighted by molar-refractivity contribution is 0.0818. The summed E-state index contributed by atoms with van der Waals surface area (Å²) in [5.74, 6) is 1.47. The Morgan fingerprint density at radius 1 is 1.32 bits per heavy atom. The molecule has 0 spiro atoms. The van der Waals surface area contributed by atoms with Crippen LogP contribution in [0, 0.1) is 5.92 Å². The summed E-state index contributed by atoms with van der Waals surface area (Å²) in [5, 5.41) is 4.52. The minimum atomic E-state index is 0.582. The van der Waals surface area contributed by atoms with E-state index in [4.69, 9.17) is 0 Å². The molecular formula is C15H26N4. The zero-order chi connectivity index (χ0) is 13.4. The quantitative estimate of drug-likeness (QED) is 0.827. The maximum atomic E-state index is 4.52. The number of hydrogen-bond donors (Lipinski definition) is 0. The van der Waals surface area contributed by atoms with E-state index < -0.39 is 0 Å². The van der Waals surface area contributed by atoms with Crippen LogP contribution in [0.5, 0.6) is 0 Å². The number of hydrogen-bond acceptors (Lipinski definition) is 3. The summed E-state index contributed by atoms with van der Waals surface area (Å²) >= 11 is 0. The Kier molecular flexibility index (Phi) is 3.63. The lowest BCUT2D eigenvalue weighted by Gasteiger charge is -2.40. The third-order valence-electron chi connectivity index (χ3n) is 4.61.